The Bertz CT molecular complexity index is 1650. The van der Waals surface area contributed by atoms with E-state index in [0.29, 0.717) is 17.9 Å². The molecule has 0 spiro atoms. The highest BCUT2D eigenvalue weighted by molar-refractivity contribution is 9.10. The van der Waals surface area contributed by atoms with Crippen molar-refractivity contribution in [3.63, 3.8) is 0 Å². The maximum absolute atomic E-state index is 15.0. The van der Waals surface area contributed by atoms with Gasteiger partial charge in [0.2, 0.25) is 5.88 Å². The summed E-state index contributed by atoms with van der Waals surface area (Å²) in [4.78, 5) is 7.08. The fourth-order valence-electron chi connectivity index (χ4n) is 5.80. The summed E-state index contributed by atoms with van der Waals surface area (Å²) in [6, 6.07) is 32.9. The Morgan fingerprint density at radius 1 is 0.950 bits per heavy atom. The Labute approximate surface area is 242 Å². The molecule has 2 atom stereocenters. The fraction of sp³-hybridized carbons (Fsp3) is 0.206. The summed E-state index contributed by atoms with van der Waals surface area (Å²) in [5.74, 6) is -0.610. The quantitative estimate of drug-likeness (QED) is 0.206. The lowest BCUT2D eigenvalue weighted by Crippen LogP contribution is -2.36. The number of halogens is 2. The van der Waals surface area contributed by atoms with Crippen LogP contribution < -0.4 is 4.74 Å². The second-order valence-electron chi connectivity index (χ2n) is 10.6. The molecule has 202 valence electrons. The van der Waals surface area contributed by atoms with Gasteiger partial charge in [0.1, 0.15) is 5.60 Å². The second kappa shape index (κ2) is 11.1. The highest BCUT2D eigenvalue weighted by Gasteiger charge is 2.43. The molecule has 0 fully saturated rings. The third-order valence-corrected chi connectivity index (χ3v) is 8.22. The second-order valence-corrected chi connectivity index (χ2v) is 11.5. The fourth-order valence-corrected chi connectivity index (χ4v) is 6.17. The molecule has 2 bridgehead atoms. The summed E-state index contributed by atoms with van der Waals surface area (Å²) in [6.07, 6.45) is 1.20. The van der Waals surface area contributed by atoms with Gasteiger partial charge in [-0.25, -0.2) is 9.37 Å². The molecule has 2 unspecified atom stereocenters. The van der Waals surface area contributed by atoms with Crippen LogP contribution in [0.3, 0.4) is 0 Å². The monoisotopic (exact) mass is 596 g/mol. The van der Waals surface area contributed by atoms with Gasteiger partial charge >= 0.3 is 0 Å². The van der Waals surface area contributed by atoms with E-state index in [1.54, 1.807) is 12.1 Å². The Morgan fingerprint density at radius 3 is 2.48 bits per heavy atom. The molecule has 4 aromatic carbocycles. The number of hydrogen-bond donors (Lipinski definition) is 1. The Morgan fingerprint density at radius 2 is 1.70 bits per heavy atom. The zero-order valence-corrected chi connectivity index (χ0v) is 23.8. The third kappa shape index (κ3) is 5.27. The summed E-state index contributed by atoms with van der Waals surface area (Å²) < 4.78 is 22.0. The molecule has 0 saturated heterocycles. The van der Waals surface area contributed by atoms with Crippen LogP contribution in [0.5, 0.6) is 11.6 Å². The molecule has 0 amide bonds. The average Bonchev–Trinajstić information content (AvgIpc) is 2.95. The molecule has 0 saturated carbocycles. The smallest absolute Gasteiger partial charge is 0.223 e. The average molecular weight is 598 g/mol. The largest absolute Gasteiger partial charge is 0.436 e. The maximum atomic E-state index is 15.0. The SMILES string of the molecule is CN(CCCC1(O)c2ccc(F)c(c2)Oc2nc3ccc(Br)cc3cc2C1c1ccccc1)Cc1ccccc1. The molecule has 0 radical (unpaired) electrons. The maximum Gasteiger partial charge on any atom is 0.223 e. The molecular weight excluding hydrogens is 567 g/mol. The Balaban J connectivity index is 1.45. The lowest BCUT2D eigenvalue weighted by atomic mass is 9.71. The van der Waals surface area contributed by atoms with Crippen LogP contribution in [0.1, 0.15) is 41.0 Å². The van der Waals surface area contributed by atoms with Gasteiger partial charge in [0.05, 0.1) is 5.52 Å². The predicted octanol–water partition coefficient (Wildman–Crippen LogP) is 8.17. The van der Waals surface area contributed by atoms with Crippen molar-refractivity contribution in [2.45, 2.75) is 30.9 Å². The Kier molecular flexibility index (Phi) is 7.41. The van der Waals surface area contributed by atoms with Gasteiger partial charge in [0, 0.05) is 27.9 Å². The first-order chi connectivity index (χ1) is 19.4. The van der Waals surface area contributed by atoms with Gasteiger partial charge in [0.15, 0.2) is 11.6 Å². The van der Waals surface area contributed by atoms with E-state index in [4.69, 9.17) is 9.72 Å². The van der Waals surface area contributed by atoms with Crippen LogP contribution in [0.4, 0.5) is 4.39 Å². The van der Waals surface area contributed by atoms with Gasteiger partial charge in [0.25, 0.3) is 0 Å². The number of aromatic nitrogens is 1. The van der Waals surface area contributed by atoms with Crippen molar-refractivity contribution in [1.29, 1.82) is 0 Å². The molecule has 0 aliphatic carbocycles. The Hall–Kier alpha value is -3.58. The van der Waals surface area contributed by atoms with Crippen LogP contribution in [0.25, 0.3) is 10.9 Å². The van der Waals surface area contributed by atoms with Gasteiger partial charge in [-0.05, 0) is 79.5 Å². The van der Waals surface area contributed by atoms with Crippen LogP contribution >= 0.6 is 15.9 Å². The zero-order valence-electron chi connectivity index (χ0n) is 22.2. The summed E-state index contributed by atoms with van der Waals surface area (Å²) in [5.41, 5.74) is 2.94. The number of fused-ring (bicyclic) bond motifs is 4. The number of pyridine rings is 1. The highest BCUT2D eigenvalue weighted by atomic mass is 79.9. The molecule has 4 nitrogen and oxygen atoms in total. The predicted molar refractivity (Wildman–Crippen MR) is 160 cm³/mol. The van der Waals surface area contributed by atoms with Gasteiger partial charge in [-0.15, -0.1) is 0 Å². The minimum absolute atomic E-state index is 0.0637. The van der Waals surface area contributed by atoms with Crippen LogP contribution in [-0.4, -0.2) is 28.6 Å². The molecule has 1 aliphatic heterocycles. The van der Waals surface area contributed by atoms with E-state index in [1.165, 1.54) is 11.6 Å². The van der Waals surface area contributed by atoms with Crippen LogP contribution in [0.15, 0.2) is 108 Å². The van der Waals surface area contributed by atoms with Crippen LogP contribution in [0, 0.1) is 5.82 Å². The first-order valence-electron chi connectivity index (χ1n) is 13.5. The molecule has 1 aliphatic rings. The first-order valence-corrected chi connectivity index (χ1v) is 14.3. The van der Waals surface area contributed by atoms with E-state index < -0.39 is 17.3 Å². The number of rotatable bonds is 7. The van der Waals surface area contributed by atoms with Crippen molar-refractivity contribution >= 4 is 26.8 Å². The van der Waals surface area contributed by atoms with Gasteiger partial charge < -0.3 is 14.7 Å². The van der Waals surface area contributed by atoms with Gasteiger partial charge in [-0.1, -0.05) is 82.7 Å². The number of ether oxygens (including phenoxy) is 1. The number of benzene rings is 4. The topological polar surface area (TPSA) is 45.6 Å². The molecular formula is C34H30BrFN2O2. The lowest BCUT2D eigenvalue weighted by Gasteiger charge is -2.40. The summed E-state index contributed by atoms with van der Waals surface area (Å²) in [6.45, 7) is 1.61. The molecule has 6 rings (SSSR count). The summed E-state index contributed by atoms with van der Waals surface area (Å²) >= 11 is 3.57. The van der Waals surface area contributed by atoms with E-state index >= 15 is 0 Å². The molecule has 40 heavy (non-hydrogen) atoms. The minimum atomic E-state index is -1.34. The molecule has 5 aromatic rings. The lowest BCUT2D eigenvalue weighted by molar-refractivity contribution is 0.00464. The van der Waals surface area contributed by atoms with Crippen molar-refractivity contribution in [3.8, 4) is 11.6 Å². The standard InChI is InChI=1S/C34H30BrFN2O2/c1-38(22-23-9-4-2-5-10-23)18-8-17-34(39)26-13-15-29(36)31(21-26)40-33-28(32(34)24-11-6-3-7-12-24)20-25-19-27(35)14-16-30(25)37-33/h2-7,9-16,19-21,32,39H,8,17-18,22H2,1H3. The highest BCUT2D eigenvalue weighted by Crippen LogP contribution is 2.51. The molecule has 2 heterocycles. The van der Waals surface area contributed by atoms with Gasteiger partial charge in [-0.2, -0.15) is 0 Å². The van der Waals surface area contributed by atoms with E-state index in [9.17, 15) is 9.50 Å². The minimum Gasteiger partial charge on any atom is -0.436 e. The first kappa shape index (κ1) is 26.6. The van der Waals surface area contributed by atoms with Gasteiger partial charge in [-0.3, -0.25) is 0 Å². The molecule has 1 aromatic heterocycles. The van der Waals surface area contributed by atoms with E-state index in [1.807, 2.05) is 72.8 Å². The summed E-state index contributed by atoms with van der Waals surface area (Å²) in [7, 11) is 2.09. The zero-order chi connectivity index (χ0) is 27.7. The van der Waals surface area contributed by atoms with Crippen molar-refractivity contribution < 1.29 is 14.2 Å². The summed E-state index contributed by atoms with van der Waals surface area (Å²) in [5, 5.41) is 13.7. The van der Waals surface area contributed by atoms with E-state index in [2.05, 4.69) is 40.0 Å². The van der Waals surface area contributed by atoms with Crippen molar-refractivity contribution in [3.05, 3.63) is 136 Å². The van der Waals surface area contributed by atoms with Crippen molar-refractivity contribution in [2.24, 2.45) is 0 Å². The number of hydrogen-bond acceptors (Lipinski definition) is 4. The molecule has 1 N–H and O–H groups in total. The van der Waals surface area contributed by atoms with Crippen LogP contribution in [-0.2, 0) is 12.1 Å². The van der Waals surface area contributed by atoms with Crippen molar-refractivity contribution in [2.75, 3.05) is 13.6 Å². The number of nitrogens with zero attached hydrogens (tertiary/aromatic N) is 2. The third-order valence-electron chi connectivity index (χ3n) is 7.72. The molecule has 6 heteroatoms. The van der Waals surface area contributed by atoms with E-state index in [-0.39, 0.29) is 5.75 Å². The normalized spacial score (nSPS) is 18.2. The van der Waals surface area contributed by atoms with E-state index in [0.717, 1.165) is 46.0 Å². The number of aliphatic hydroxyl groups is 1. The van der Waals surface area contributed by atoms with Crippen molar-refractivity contribution in [1.82, 2.24) is 9.88 Å². The van der Waals surface area contributed by atoms with Crippen LogP contribution in [0.2, 0.25) is 0 Å².